The van der Waals surface area contributed by atoms with Crippen LogP contribution in [0.5, 0.6) is 0 Å². The Kier molecular flexibility index (Phi) is 3.48. The van der Waals surface area contributed by atoms with Crippen molar-refractivity contribution in [2.24, 2.45) is 11.1 Å². The molecule has 0 saturated heterocycles. The van der Waals surface area contributed by atoms with Gasteiger partial charge in [0.25, 0.3) is 0 Å². The zero-order valence-electron chi connectivity index (χ0n) is 11.4. The zero-order chi connectivity index (χ0) is 13.3. The predicted molar refractivity (Wildman–Crippen MR) is 70.1 cm³/mol. The maximum absolute atomic E-state index is 11.7. The van der Waals surface area contributed by atoms with Gasteiger partial charge in [-0.2, -0.15) is 0 Å². The first-order valence-corrected chi connectivity index (χ1v) is 6.46. The molecular formula is C14H22N2O2. The van der Waals surface area contributed by atoms with Crippen LogP contribution >= 0.6 is 0 Å². The van der Waals surface area contributed by atoms with E-state index < -0.39 is 5.41 Å². The van der Waals surface area contributed by atoms with Crippen LogP contribution in [0.15, 0.2) is 12.4 Å². The van der Waals surface area contributed by atoms with Crippen molar-refractivity contribution in [2.75, 3.05) is 7.11 Å². The van der Waals surface area contributed by atoms with E-state index in [9.17, 15) is 4.79 Å². The van der Waals surface area contributed by atoms with Crippen molar-refractivity contribution in [1.82, 2.24) is 4.57 Å². The molecule has 2 N–H and O–H groups in total. The molecule has 1 aromatic heterocycles. The Morgan fingerprint density at radius 3 is 2.89 bits per heavy atom. The van der Waals surface area contributed by atoms with Crippen molar-refractivity contribution < 1.29 is 9.53 Å². The number of esters is 1. The lowest BCUT2D eigenvalue weighted by atomic mass is 9.92. The van der Waals surface area contributed by atoms with E-state index in [1.807, 2.05) is 13.8 Å². The van der Waals surface area contributed by atoms with Crippen LogP contribution in [0.25, 0.3) is 0 Å². The molecule has 0 radical (unpaired) electrons. The van der Waals surface area contributed by atoms with Gasteiger partial charge in [-0.15, -0.1) is 0 Å². The quantitative estimate of drug-likeness (QED) is 0.835. The van der Waals surface area contributed by atoms with E-state index in [2.05, 4.69) is 17.0 Å². The number of methoxy groups -OCH3 is 1. The Labute approximate surface area is 108 Å². The number of hydrogen-bond donors (Lipinski definition) is 1. The lowest BCUT2D eigenvalue weighted by Gasteiger charge is -2.22. The summed E-state index contributed by atoms with van der Waals surface area (Å²) in [7, 11) is 1.43. The number of nitrogens with zero attached hydrogens (tertiary/aromatic N) is 1. The first-order chi connectivity index (χ1) is 8.44. The molecule has 1 aromatic rings. The van der Waals surface area contributed by atoms with Crippen LogP contribution < -0.4 is 5.73 Å². The minimum absolute atomic E-state index is 0.149. The Hall–Kier alpha value is -1.29. The van der Waals surface area contributed by atoms with E-state index in [4.69, 9.17) is 10.5 Å². The summed E-state index contributed by atoms with van der Waals surface area (Å²) in [6.07, 6.45) is 7.51. The highest BCUT2D eigenvalue weighted by molar-refractivity contribution is 5.75. The molecule has 0 amide bonds. The highest BCUT2D eigenvalue weighted by atomic mass is 16.5. The number of hydrogen-bond acceptors (Lipinski definition) is 3. The zero-order valence-corrected chi connectivity index (χ0v) is 11.4. The van der Waals surface area contributed by atoms with Crippen LogP contribution in [0.4, 0.5) is 0 Å². The Morgan fingerprint density at radius 2 is 2.28 bits per heavy atom. The number of carbonyl (C=O) groups is 1. The molecular weight excluding hydrogens is 228 g/mol. The molecule has 1 heterocycles. The number of fused-ring (bicyclic) bond motifs is 1. The summed E-state index contributed by atoms with van der Waals surface area (Å²) in [5.41, 5.74) is 8.16. The van der Waals surface area contributed by atoms with Crippen molar-refractivity contribution in [3.8, 4) is 0 Å². The molecule has 0 fully saturated rings. The fourth-order valence-corrected chi connectivity index (χ4v) is 2.67. The molecule has 100 valence electrons. The number of nitrogens with two attached hydrogens (primary N) is 1. The summed E-state index contributed by atoms with van der Waals surface area (Å²) in [4.78, 5) is 11.7. The molecule has 0 spiro atoms. The summed E-state index contributed by atoms with van der Waals surface area (Å²) in [5.74, 6) is -0.182. The molecule has 1 aliphatic rings. The minimum Gasteiger partial charge on any atom is -0.469 e. The molecule has 0 saturated carbocycles. The summed E-state index contributed by atoms with van der Waals surface area (Å²) < 4.78 is 6.91. The van der Waals surface area contributed by atoms with Gasteiger partial charge < -0.3 is 15.0 Å². The number of ether oxygens (including phenoxy) is 1. The molecule has 1 unspecified atom stereocenters. The third kappa shape index (κ3) is 2.43. The summed E-state index contributed by atoms with van der Waals surface area (Å²) in [6, 6.07) is 0.149. The largest absolute Gasteiger partial charge is 0.469 e. The number of carbonyl (C=O) groups excluding carboxylic acids is 1. The molecule has 0 aromatic carbocycles. The lowest BCUT2D eigenvalue weighted by molar-refractivity contribution is -0.151. The first kappa shape index (κ1) is 13.1. The van der Waals surface area contributed by atoms with E-state index in [1.165, 1.54) is 18.2 Å². The summed E-state index contributed by atoms with van der Waals surface area (Å²) >= 11 is 0. The maximum atomic E-state index is 11.7. The Morgan fingerprint density at radius 1 is 1.56 bits per heavy atom. The molecule has 1 atom stereocenters. The fraction of sp³-hybridized carbons (Fsp3) is 0.643. The molecule has 0 aliphatic heterocycles. The van der Waals surface area contributed by atoms with Gasteiger partial charge in [-0.25, -0.2) is 0 Å². The van der Waals surface area contributed by atoms with Crippen molar-refractivity contribution in [3.05, 3.63) is 23.5 Å². The van der Waals surface area contributed by atoms with Crippen molar-refractivity contribution >= 4 is 5.97 Å². The van der Waals surface area contributed by atoms with Gasteiger partial charge in [0.1, 0.15) is 0 Å². The molecule has 0 bridgehead atoms. The highest BCUT2D eigenvalue weighted by Crippen LogP contribution is 2.30. The maximum Gasteiger partial charge on any atom is 0.313 e. The van der Waals surface area contributed by atoms with E-state index in [1.54, 1.807) is 0 Å². The van der Waals surface area contributed by atoms with Crippen molar-refractivity contribution in [2.45, 2.75) is 45.7 Å². The smallest absolute Gasteiger partial charge is 0.313 e. The van der Waals surface area contributed by atoms with Crippen molar-refractivity contribution in [3.63, 3.8) is 0 Å². The van der Waals surface area contributed by atoms with Crippen LogP contribution in [-0.2, 0) is 22.5 Å². The molecule has 1 aliphatic carbocycles. The Balaban J connectivity index is 2.18. The molecule has 4 nitrogen and oxygen atoms in total. The minimum atomic E-state index is -0.513. The van der Waals surface area contributed by atoms with Crippen LogP contribution in [0, 0.1) is 5.41 Å². The van der Waals surface area contributed by atoms with E-state index in [0.717, 1.165) is 19.3 Å². The lowest BCUT2D eigenvalue weighted by Crippen LogP contribution is -2.30. The van der Waals surface area contributed by atoms with E-state index >= 15 is 0 Å². The predicted octanol–water partition coefficient (Wildman–Crippen LogP) is 2.02. The average molecular weight is 250 g/mol. The average Bonchev–Trinajstić information content (AvgIpc) is 2.71. The normalized spacial score (nSPS) is 19.4. The third-order valence-electron chi connectivity index (χ3n) is 3.67. The van der Waals surface area contributed by atoms with Gasteiger partial charge in [0.2, 0.25) is 0 Å². The van der Waals surface area contributed by atoms with Crippen LogP contribution in [-0.4, -0.2) is 17.6 Å². The fourth-order valence-electron chi connectivity index (χ4n) is 2.67. The number of aryl methyl sites for hydroxylation is 1. The molecule has 4 heteroatoms. The monoisotopic (exact) mass is 250 g/mol. The molecule has 2 rings (SSSR count). The second-order valence-corrected chi connectivity index (χ2v) is 5.79. The van der Waals surface area contributed by atoms with Gasteiger partial charge >= 0.3 is 5.97 Å². The topological polar surface area (TPSA) is 57.2 Å². The second-order valence-electron chi connectivity index (χ2n) is 5.79. The van der Waals surface area contributed by atoms with Gasteiger partial charge in [0, 0.05) is 25.0 Å². The van der Waals surface area contributed by atoms with Gasteiger partial charge in [0.05, 0.1) is 12.5 Å². The van der Waals surface area contributed by atoms with Crippen molar-refractivity contribution in [1.29, 1.82) is 0 Å². The standard InChI is InChI=1S/C14H22N2O2/c1-14(2,13(17)18-3)9-16-7-10-5-4-6-12(15)11(10)8-16/h7-8,12H,4-6,9,15H2,1-3H3. The first-order valence-electron chi connectivity index (χ1n) is 6.46. The SMILES string of the molecule is COC(=O)C(C)(C)Cn1cc2c(c1)C(N)CCC2. The molecule has 18 heavy (non-hydrogen) atoms. The van der Waals surface area contributed by atoms with Crippen LogP contribution in [0.1, 0.15) is 43.9 Å². The number of aromatic nitrogens is 1. The number of rotatable bonds is 3. The summed E-state index contributed by atoms with van der Waals surface area (Å²) in [6.45, 7) is 4.43. The third-order valence-corrected chi connectivity index (χ3v) is 3.67. The van der Waals surface area contributed by atoms with Crippen LogP contribution in [0.3, 0.4) is 0 Å². The van der Waals surface area contributed by atoms with E-state index in [-0.39, 0.29) is 12.0 Å². The van der Waals surface area contributed by atoms with E-state index in [0.29, 0.717) is 6.54 Å². The summed E-state index contributed by atoms with van der Waals surface area (Å²) in [5, 5.41) is 0. The Bertz CT molecular complexity index is 449. The second kappa shape index (κ2) is 4.76. The van der Waals surface area contributed by atoms with Gasteiger partial charge in [-0.3, -0.25) is 4.79 Å². The highest BCUT2D eigenvalue weighted by Gasteiger charge is 2.30. The van der Waals surface area contributed by atoms with Gasteiger partial charge in [0.15, 0.2) is 0 Å². The van der Waals surface area contributed by atoms with Crippen LogP contribution in [0.2, 0.25) is 0 Å². The van der Waals surface area contributed by atoms with Gasteiger partial charge in [-0.1, -0.05) is 0 Å². The van der Waals surface area contributed by atoms with Gasteiger partial charge in [-0.05, 0) is 44.2 Å².